The van der Waals surface area contributed by atoms with E-state index in [4.69, 9.17) is 9.15 Å². The van der Waals surface area contributed by atoms with Crippen molar-refractivity contribution >= 4 is 39.3 Å². The zero-order chi connectivity index (χ0) is 20.4. The summed E-state index contributed by atoms with van der Waals surface area (Å²) in [4.78, 5) is 41.9. The Balaban J connectivity index is 1.43. The Morgan fingerprint density at radius 1 is 1.31 bits per heavy atom. The predicted molar refractivity (Wildman–Crippen MR) is 109 cm³/mol. The van der Waals surface area contributed by atoms with Crippen molar-refractivity contribution in [3.63, 3.8) is 0 Å². The fourth-order valence-electron chi connectivity index (χ4n) is 3.32. The third-order valence-electron chi connectivity index (χ3n) is 4.86. The van der Waals surface area contributed by atoms with Crippen LogP contribution in [-0.4, -0.2) is 23.4 Å². The van der Waals surface area contributed by atoms with Crippen LogP contribution in [0, 0.1) is 0 Å². The van der Waals surface area contributed by atoms with Gasteiger partial charge >= 0.3 is 11.6 Å². The second-order valence-corrected chi connectivity index (χ2v) is 7.72. The largest absolute Gasteiger partial charge is 0.460 e. The van der Waals surface area contributed by atoms with Crippen LogP contribution in [-0.2, 0) is 33.8 Å². The van der Waals surface area contributed by atoms with Crippen LogP contribution < -0.4 is 10.5 Å². The van der Waals surface area contributed by atoms with Crippen molar-refractivity contribution in [2.75, 3.05) is 11.4 Å². The molecular weight excluding hydrogens is 392 g/mol. The number of aromatic nitrogens is 1. The van der Waals surface area contributed by atoms with Crippen LogP contribution in [0.5, 0.6) is 0 Å². The van der Waals surface area contributed by atoms with Gasteiger partial charge in [0, 0.05) is 35.4 Å². The van der Waals surface area contributed by atoms with Gasteiger partial charge in [-0.05, 0) is 24.5 Å². The van der Waals surface area contributed by atoms with Crippen LogP contribution in [0.25, 0.3) is 11.0 Å². The number of aryl methyl sites for hydroxylation is 1. The molecule has 3 heterocycles. The molecule has 8 heteroatoms. The molecule has 1 saturated heterocycles. The number of rotatable bonds is 6. The lowest BCUT2D eigenvalue weighted by Gasteiger charge is -2.10. The van der Waals surface area contributed by atoms with E-state index >= 15 is 0 Å². The van der Waals surface area contributed by atoms with Crippen LogP contribution in [0.3, 0.4) is 0 Å². The van der Waals surface area contributed by atoms with Gasteiger partial charge < -0.3 is 9.15 Å². The molecule has 0 spiro atoms. The molecule has 0 unspecified atom stereocenters. The van der Waals surface area contributed by atoms with Gasteiger partial charge in [0.25, 0.3) is 0 Å². The number of hydrogen-bond acceptors (Lipinski definition) is 7. The summed E-state index contributed by atoms with van der Waals surface area (Å²) in [5, 5.41) is 3.13. The highest BCUT2D eigenvalue weighted by Crippen LogP contribution is 2.25. The number of benzene rings is 1. The summed E-state index contributed by atoms with van der Waals surface area (Å²) in [6.45, 7) is 2.67. The molecule has 29 heavy (non-hydrogen) atoms. The lowest BCUT2D eigenvalue weighted by atomic mass is 10.1. The minimum atomic E-state index is -0.476. The quantitative estimate of drug-likeness (QED) is 0.456. The Hall–Kier alpha value is -3.00. The first kappa shape index (κ1) is 19.3. The van der Waals surface area contributed by atoms with Gasteiger partial charge in [-0.1, -0.05) is 19.1 Å². The molecule has 1 aromatic carbocycles. The second-order valence-electron chi connectivity index (χ2n) is 6.88. The smallest absolute Gasteiger partial charge is 0.336 e. The van der Waals surface area contributed by atoms with E-state index in [0.29, 0.717) is 34.9 Å². The first-order valence-corrected chi connectivity index (χ1v) is 10.4. The molecule has 1 fully saturated rings. The van der Waals surface area contributed by atoms with Crippen molar-refractivity contribution in [2.45, 2.75) is 39.2 Å². The topological polar surface area (TPSA) is 89.7 Å². The van der Waals surface area contributed by atoms with Gasteiger partial charge in [0.15, 0.2) is 5.13 Å². The third-order valence-corrected chi connectivity index (χ3v) is 5.77. The molecule has 1 aliphatic rings. The van der Waals surface area contributed by atoms with Gasteiger partial charge in [0.2, 0.25) is 5.91 Å². The SMILES string of the molecule is CCc1ccc2c(COC(=O)Cc3csc(N4CCCC4=O)n3)cc(=O)oc2c1. The highest BCUT2D eigenvalue weighted by Gasteiger charge is 2.24. The Bertz CT molecular complexity index is 1130. The number of fused-ring (bicyclic) bond motifs is 1. The maximum atomic E-state index is 12.3. The summed E-state index contributed by atoms with van der Waals surface area (Å²) in [5.74, 6) is -0.379. The Morgan fingerprint density at radius 3 is 2.93 bits per heavy atom. The number of amides is 1. The molecule has 0 atom stereocenters. The van der Waals surface area contributed by atoms with Crippen molar-refractivity contribution in [1.29, 1.82) is 0 Å². The summed E-state index contributed by atoms with van der Waals surface area (Å²) in [7, 11) is 0. The van der Waals surface area contributed by atoms with E-state index in [1.807, 2.05) is 25.1 Å². The molecular formula is C21H20N2O5S. The fraction of sp³-hybridized carbons (Fsp3) is 0.333. The zero-order valence-electron chi connectivity index (χ0n) is 16.0. The standard InChI is InChI=1S/C21H20N2O5S/c1-2-13-5-6-16-14(9-20(26)28-17(16)8-13)11-27-19(25)10-15-12-29-21(22-15)23-7-3-4-18(23)24/h5-6,8-9,12H,2-4,7,10-11H2,1H3. The number of hydrogen-bond donors (Lipinski definition) is 0. The lowest BCUT2D eigenvalue weighted by Crippen LogP contribution is -2.23. The van der Waals surface area contributed by atoms with Crippen molar-refractivity contribution in [2.24, 2.45) is 0 Å². The minimum Gasteiger partial charge on any atom is -0.460 e. The van der Waals surface area contributed by atoms with E-state index in [9.17, 15) is 14.4 Å². The number of esters is 1. The first-order chi connectivity index (χ1) is 14.0. The van der Waals surface area contributed by atoms with Gasteiger partial charge in [0.05, 0.1) is 12.1 Å². The molecule has 4 rings (SSSR count). The third kappa shape index (κ3) is 4.22. The molecule has 1 aliphatic heterocycles. The normalized spacial score (nSPS) is 14.0. The molecule has 1 amide bonds. The molecule has 2 aromatic heterocycles. The van der Waals surface area contributed by atoms with Crippen molar-refractivity contribution in [3.8, 4) is 0 Å². The van der Waals surface area contributed by atoms with Gasteiger partial charge in [-0.2, -0.15) is 0 Å². The summed E-state index contributed by atoms with van der Waals surface area (Å²) >= 11 is 1.35. The highest BCUT2D eigenvalue weighted by atomic mass is 32.1. The molecule has 0 saturated carbocycles. The van der Waals surface area contributed by atoms with E-state index in [2.05, 4.69) is 4.98 Å². The van der Waals surface area contributed by atoms with Gasteiger partial charge in [-0.25, -0.2) is 9.78 Å². The first-order valence-electron chi connectivity index (χ1n) is 9.49. The lowest BCUT2D eigenvalue weighted by molar-refractivity contribution is -0.144. The number of carbonyl (C=O) groups excluding carboxylic acids is 2. The minimum absolute atomic E-state index is 0.0118. The van der Waals surface area contributed by atoms with Crippen molar-refractivity contribution in [3.05, 3.63) is 56.9 Å². The van der Waals surface area contributed by atoms with Crippen LogP contribution in [0.15, 0.2) is 38.9 Å². The number of anilines is 1. The van der Waals surface area contributed by atoms with Crippen LogP contribution >= 0.6 is 11.3 Å². The molecule has 0 aliphatic carbocycles. The molecule has 0 N–H and O–H groups in total. The molecule has 0 bridgehead atoms. The maximum Gasteiger partial charge on any atom is 0.336 e. The van der Waals surface area contributed by atoms with Crippen LogP contribution in [0.4, 0.5) is 5.13 Å². The van der Waals surface area contributed by atoms with Crippen LogP contribution in [0.1, 0.15) is 36.6 Å². The highest BCUT2D eigenvalue weighted by molar-refractivity contribution is 7.14. The Kier molecular flexibility index (Phi) is 5.44. The molecule has 3 aromatic rings. The van der Waals surface area contributed by atoms with Crippen molar-refractivity contribution < 1.29 is 18.7 Å². The van der Waals surface area contributed by atoms with E-state index < -0.39 is 11.6 Å². The number of nitrogens with zero attached hydrogens (tertiary/aromatic N) is 2. The van der Waals surface area contributed by atoms with E-state index in [1.54, 1.807) is 10.3 Å². The number of ether oxygens (including phenoxy) is 1. The summed E-state index contributed by atoms with van der Waals surface area (Å²) in [6.07, 6.45) is 2.21. The second kappa shape index (κ2) is 8.16. The predicted octanol–water partition coefficient (Wildman–Crippen LogP) is 3.22. The number of carbonyl (C=O) groups is 2. The molecule has 0 radical (unpaired) electrons. The van der Waals surface area contributed by atoms with E-state index in [0.717, 1.165) is 23.8 Å². The maximum absolute atomic E-state index is 12.3. The summed E-state index contributed by atoms with van der Waals surface area (Å²) in [5.41, 5.74) is 2.25. The van der Waals surface area contributed by atoms with Crippen molar-refractivity contribution in [1.82, 2.24) is 4.98 Å². The van der Waals surface area contributed by atoms with E-state index in [-0.39, 0.29) is 18.9 Å². The average molecular weight is 412 g/mol. The summed E-state index contributed by atoms with van der Waals surface area (Å²) < 4.78 is 10.6. The van der Waals surface area contributed by atoms with Gasteiger partial charge in [-0.3, -0.25) is 14.5 Å². The fourth-order valence-corrected chi connectivity index (χ4v) is 4.19. The van der Waals surface area contributed by atoms with Gasteiger partial charge in [0.1, 0.15) is 12.2 Å². The summed E-state index contributed by atoms with van der Waals surface area (Å²) in [6, 6.07) is 7.02. The molecule has 150 valence electrons. The Morgan fingerprint density at radius 2 is 2.17 bits per heavy atom. The van der Waals surface area contributed by atoms with E-state index in [1.165, 1.54) is 17.4 Å². The Labute approximate surface area is 170 Å². The molecule has 7 nitrogen and oxygen atoms in total. The average Bonchev–Trinajstić information content (AvgIpc) is 3.33. The van der Waals surface area contributed by atoms with Crippen LogP contribution in [0.2, 0.25) is 0 Å². The number of thiazole rings is 1. The van der Waals surface area contributed by atoms with Gasteiger partial charge in [-0.15, -0.1) is 11.3 Å². The zero-order valence-corrected chi connectivity index (χ0v) is 16.8. The monoisotopic (exact) mass is 412 g/mol.